The van der Waals surface area contributed by atoms with Crippen LogP contribution in [0.4, 0.5) is 0 Å². The van der Waals surface area contributed by atoms with Gasteiger partial charge in [-0.25, -0.2) is 13.4 Å². The van der Waals surface area contributed by atoms with Crippen LogP contribution in [0.2, 0.25) is 0 Å². The van der Waals surface area contributed by atoms with E-state index in [1.807, 2.05) is 18.6 Å². The van der Waals surface area contributed by atoms with Crippen LogP contribution in [-0.4, -0.2) is 87.3 Å². The Labute approximate surface area is 231 Å². The normalized spacial score (nSPS) is 25.3. The molecule has 6 rings (SSSR count). The van der Waals surface area contributed by atoms with E-state index in [4.69, 9.17) is 4.74 Å². The third-order valence-corrected chi connectivity index (χ3v) is 10.7. The highest BCUT2D eigenvalue weighted by Gasteiger charge is 2.47. The summed E-state index contributed by atoms with van der Waals surface area (Å²) in [6.07, 6.45) is 6.46. The van der Waals surface area contributed by atoms with Gasteiger partial charge >= 0.3 is 0 Å². The lowest BCUT2D eigenvalue weighted by molar-refractivity contribution is -0.127. The number of fused-ring (bicyclic) bond motifs is 2. The lowest BCUT2D eigenvalue weighted by Gasteiger charge is -2.43. The van der Waals surface area contributed by atoms with Gasteiger partial charge in [0, 0.05) is 68.4 Å². The van der Waals surface area contributed by atoms with Crippen molar-refractivity contribution >= 4 is 27.3 Å². The summed E-state index contributed by atoms with van der Waals surface area (Å²) in [5.74, 6) is -0.124. The van der Waals surface area contributed by atoms with Crippen LogP contribution in [0.5, 0.6) is 5.75 Å². The van der Waals surface area contributed by atoms with Crippen LogP contribution in [0, 0.1) is 0 Å². The van der Waals surface area contributed by atoms with Crippen LogP contribution in [0.1, 0.15) is 30.7 Å². The molecular formula is C26H32N6O5S2. The van der Waals surface area contributed by atoms with Gasteiger partial charge < -0.3 is 15.2 Å². The zero-order chi connectivity index (χ0) is 27.2. The van der Waals surface area contributed by atoms with Gasteiger partial charge in [-0.1, -0.05) is 6.07 Å². The molecule has 1 amide bonds. The monoisotopic (exact) mass is 572 g/mol. The van der Waals surface area contributed by atoms with Crippen molar-refractivity contribution in [3.8, 4) is 16.9 Å². The molecule has 3 aromatic rings. The zero-order valence-corrected chi connectivity index (χ0v) is 23.3. The Morgan fingerprint density at radius 1 is 1.23 bits per heavy atom. The highest BCUT2D eigenvalue weighted by molar-refractivity contribution is 7.89. The first-order valence-corrected chi connectivity index (χ1v) is 15.4. The van der Waals surface area contributed by atoms with E-state index in [9.17, 15) is 18.3 Å². The van der Waals surface area contributed by atoms with Gasteiger partial charge in [0.25, 0.3) is 0 Å². The molecule has 13 heteroatoms. The van der Waals surface area contributed by atoms with Crippen LogP contribution >= 0.6 is 11.3 Å². The summed E-state index contributed by atoms with van der Waals surface area (Å²) in [6, 6.07) is 3.98. The molecule has 2 fully saturated rings. The minimum absolute atomic E-state index is 0.00347. The van der Waals surface area contributed by atoms with E-state index in [2.05, 4.69) is 20.3 Å². The van der Waals surface area contributed by atoms with Crippen molar-refractivity contribution in [2.24, 2.45) is 7.05 Å². The summed E-state index contributed by atoms with van der Waals surface area (Å²) >= 11 is 1.63. The second-order valence-corrected chi connectivity index (χ2v) is 13.5. The number of hydrogen-bond acceptors (Lipinski definition) is 9. The average molecular weight is 573 g/mol. The molecule has 0 bridgehead atoms. The zero-order valence-electron chi connectivity index (χ0n) is 21.7. The van der Waals surface area contributed by atoms with Gasteiger partial charge in [-0.2, -0.15) is 9.40 Å². The Hall–Kier alpha value is -2.84. The quantitative estimate of drug-likeness (QED) is 0.484. The molecule has 0 radical (unpaired) electrons. The number of carbonyl (C=O) groups excluding carboxylic acids is 1. The van der Waals surface area contributed by atoms with E-state index < -0.39 is 27.7 Å². The topological polar surface area (TPSA) is 130 Å². The molecule has 2 saturated heterocycles. The van der Waals surface area contributed by atoms with Gasteiger partial charge in [0.05, 0.1) is 25.5 Å². The first kappa shape index (κ1) is 26.4. The molecule has 1 spiro atoms. The number of amides is 1. The molecule has 2 aromatic heterocycles. The summed E-state index contributed by atoms with van der Waals surface area (Å²) in [5.41, 5.74) is 1.08. The number of thiazole rings is 1. The van der Waals surface area contributed by atoms with Gasteiger partial charge in [-0.3, -0.25) is 14.4 Å². The van der Waals surface area contributed by atoms with E-state index >= 15 is 0 Å². The third kappa shape index (κ3) is 5.21. The summed E-state index contributed by atoms with van der Waals surface area (Å²) in [5, 5.41) is 20.9. The number of aliphatic hydroxyl groups excluding tert-OH is 1. The van der Waals surface area contributed by atoms with Gasteiger partial charge in [0.15, 0.2) is 0 Å². The molecule has 5 heterocycles. The largest absolute Gasteiger partial charge is 0.492 e. The van der Waals surface area contributed by atoms with Crippen molar-refractivity contribution in [3.63, 3.8) is 0 Å². The number of aromatic nitrogens is 3. The number of aryl methyl sites for hydroxylation is 1. The van der Waals surface area contributed by atoms with Crippen LogP contribution < -0.4 is 10.1 Å². The maximum atomic E-state index is 13.9. The Balaban J connectivity index is 1.32. The minimum Gasteiger partial charge on any atom is -0.492 e. The number of nitrogens with one attached hydrogen (secondary N) is 1. The van der Waals surface area contributed by atoms with E-state index in [0.717, 1.165) is 40.1 Å². The van der Waals surface area contributed by atoms with Crippen molar-refractivity contribution in [2.45, 2.75) is 54.8 Å². The van der Waals surface area contributed by atoms with Crippen molar-refractivity contribution in [1.82, 2.24) is 29.3 Å². The number of nitrogens with zero attached hydrogens (tertiary/aromatic N) is 5. The number of sulfonamides is 1. The lowest BCUT2D eigenvalue weighted by atomic mass is 9.84. The molecular weight excluding hydrogens is 540 g/mol. The van der Waals surface area contributed by atoms with Gasteiger partial charge in [-0.05, 0) is 30.5 Å². The number of hydrogen-bond donors (Lipinski definition) is 2. The van der Waals surface area contributed by atoms with E-state index in [0.29, 0.717) is 19.3 Å². The van der Waals surface area contributed by atoms with Crippen molar-refractivity contribution < 1.29 is 23.1 Å². The predicted octanol–water partition coefficient (Wildman–Crippen LogP) is 1.60. The molecule has 1 aromatic carbocycles. The molecule has 3 aliphatic rings. The maximum absolute atomic E-state index is 13.9. The molecule has 0 saturated carbocycles. The highest BCUT2D eigenvalue weighted by Crippen LogP contribution is 2.37. The van der Waals surface area contributed by atoms with Gasteiger partial charge in [-0.15, -0.1) is 11.3 Å². The molecule has 0 unspecified atom stereocenters. The second-order valence-electron chi connectivity index (χ2n) is 10.6. The number of aliphatic hydroxyl groups is 1. The standard InChI is InChI=1S/C26H32N6O5S2/c1-30-15-19(14-28-30)18-2-3-23-22(12-18)37-10-6-26(4-8-31(9-5-26)17-24-27-7-11-38-24)29-25(34)21-13-20(33)16-32(21)39(23,35)36/h2-3,7,11-12,14-15,20-21,33H,4-6,8-10,13,16-17H2,1H3,(H,29,34)/t20-,21+/m1/s1. The molecule has 39 heavy (non-hydrogen) atoms. The number of carbonyl (C=O) groups is 1. The van der Waals surface area contributed by atoms with Crippen LogP contribution in [0.25, 0.3) is 11.1 Å². The number of likely N-dealkylation sites (tertiary alicyclic amines) is 1. The number of piperidine rings is 1. The first-order chi connectivity index (χ1) is 18.7. The molecule has 11 nitrogen and oxygen atoms in total. The number of rotatable bonds is 3. The Kier molecular flexibility index (Phi) is 6.96. The molecule has 2 N–H and O–H groups in total. The van der Waals surface area contributed by atoms with Crippen LogP contribution in [0.3, 0.4) is 0 Å². The Bertz CT molecular complexity index is 1450. The molecule has 0 aliphatic carbocycles. The third-order valence-electron chi connectivity index (χ3n) is 7.99. The first-order valence-electron chi connectivity index (χ1n) is 13.1. The summed E-state index contributed by atoms with van der Waals surface area (Å²) < 4.78 is 36.8. The molecule has 208 valence electrons. The fraction of sp³-hybridized carbons (Fsp3) is 0.500. The molecule has 3 aliphatic heterocycles. The highest BCUT2D eigenvalue weighted by atomic mass is 32.2. The number of ether oxygens (including phenoxy) is 1. The van der Waals surface area contributed by atoms with Crippen molar-refractivity contribution in [3.05, 3.63) is 47.2 Å². The van der Waals surface area contributed by atoms with Crippen molar-refractivity contribution in [1.29, 1.82) is 0 Å². The summed E-state index contributed by atoms with van der Waals surface area (Å²) in [4.78, 5) is 20.3. The lowest BCUT2D eigenvalue weighted by Crippen LogP contribution is -2.59. The second kappa shape index (κ2) is 10.3. The van der Waals surface area contributed by atoms with Gasteiger partial charge in [0.1, 0.15) is 21.7 Å². The predicted molar refractivity (Wildman–Crippen MR) is 145 cm³/mol. The maximum Gasteiger partial charge on any atom is 0.247 e. The van der Waals surface area contributed by atoms with Crippen LogP contribution in [-0.2, 0) is 28.4 Å². The summed E-state index contributed by atoms with van der Waals surface area (Å²) in [6.45, 7) is 2.43. The average Bonchev–Trinajstić information content (AvgIpc) is 3.67. The SMILES string of the molecule is Cn1cc(-c2ccc3c(c2)OCCC2(CCN(Cc4nccs4)CC2)NC(=O)[C@@H]2C[C@@H](O)CN2S3(=O)=O)cn1. The fourth-order valence-corrected chi connectivity index (χ4v) is 8.21. The van der Waals surface area contributed by atoms with Gasteiger partial charge in [0.2, 0.25) is 15.9 Å². The number of benzene rings is 1. The Morgan fingerprint density at radius 3 is 2.77 bits per heavy atom. The van der Waals surface area contributed by atoms with Crippen molar-refractivity contribution in [2.75, 3.05) is 26.2 Å². The van der Waals surface area contributed by atoms with E-state index in [1.165, 1.54) is 6.07 Å². The minimum atomic E-state index is -4.12. The van der Waals surface area contributed by atoms with Crippen LogP contribution in [0.15, 0.2) is 47.1 Å². The molecule has 2 atom stereocenters. The van der Waals surface area contributed by atoms with E-state index in [1.54, 1.807) is 40.5 Å². The fourth-order valence-electron chi connectivity index (χ4n) is 5.80. The smallest absolute Gasteiger partial charge is 0.247 e. The summed E-state index contributed by atoms with van der Waals surface area (Å²) in [7, 11) is -2.30. The van der Waals surface area contributed by atoms with E-state index in [-0.39, 0.29) is 36.1 Å². The Morgan fingerprint density at radius 2 is 2.05 bits per heavy atom.